The number of rotatable bonds is 8. The predicted octanol–water partition coefficient (Wildman–Crippen LogP) is 4.07. The van der Waals surface area contributed by atoms with E-state index >= 15 is 0 Å². The van der Waals surface area contributed by atoms with Crippen LogP contribution in [0.4, 0.5) is 0 Å². The molecule has 0 fully saturated rings. The quantitative estimate of drug-likeness (QED) is 0.727. The maximum atomic E-state index is 8.95. The van der Waals surface area contributed by atoms with Crippen LogP contribution in [0.25, 0.3) is 0 Å². The number of benzene rings is 1. The highest BCUT2D eigenvalue weighted by molar-refractivity contribution is 5.28. The van der Waals surface area contributed by atoms with Gasteiger partial charge in [-0.05, 0) is 57.9 Å². The minimum Gasteiger partial charge on any atom is -0.497 e. The molecule has 0 spiro atoms. The van der Waals surface area contributed by atoms with Crippen molar-refractivity contribution < 1.29 is 4.74 Å². The molecule has 0 heterocycles. The Hall–Kier alpha value is -1.53. The Labute approximate surface area is 123 Å². The molecule has 110 valence electrons. The Morgan fingerprint density at radius 3 is 2.45 bits per heavy atom. The largest absolute Gasteiger partial charge is 0.497 e. The minimum atomic E-state index is -0.193. The lowest BCUT2D eigenvalue weighted by molar-refractivity contribution is 0.413. The molecule has 0 unspecified atom stereocenters. The topological polar surface area (TPSA) is 45.0 Å². The van der Waals surface area contributed by atoms with Gasteiger partial charge in [0.1, 0.15) is 5.75 Å². The van der Waals surface area contributed by atoms with Crippen LogP contribution in [0.2, 0.25) is 0 Å². The third kappa shape index (κ3) is 5.63. The Kier molecular flexibility index (Phi) is 6.54. The molecule has 0 amide bonds. The van der Waals surface area contributed by atoms with Crippen molar-refractivity contribution in [1.82, 2.24) is 5.32 Å². The highest BCUT2D eigenvalue weighted by atomic mass is 16.5. The molecule has 20 heavy (non-hydrogen) atoms. The fourth-order valence-electron chi connectivity index (χ4n) is 2.08. The Morgan fingerprint density at radius 2 is 1.90 bits per heavy atom. The summed E-state index contributed by atoms with van der Waals surface area (Å²) >= 11 is 0. The lowest BCUT2D eigenvalue weighted by atomic mass is 9.89. The number of nitrogens with zero attached hydrogens (tertiary/aromatic N) is 1. The third-order valence-electron chi connectivity index (χ3n) is 3.60. The van der Waals surface area contributed by atoms with Crippen molar-refractivity contribution in [3.8, 4) is 11.8 Å². The van der Waals surface area contributed by atoms with Crippen LogP contribution in [0.5, 0.6) is 5.75 Å². The minimum absolute atomic E-state index is 0.193. The van der Waals surface area contributed by atoms with Crippen molar-refractivity contribution in [2.24, 2.45) is 5.41 Å². The van der Waals surface area contributed by atoms with Crippen LogP contribution in [0, 0.1) is 16.7 Å². The van der Waals surface area contributed by atoms with Crippen molar-refractivity contribution in [2.45, 2.75) is 46.1 Å². The Bertz CT molecular complexity index is 431. The predicted molar refractivity (Wildman–Crippen MR) is 82.7 cm³/mol. The molecule has 0 radical (unpaired) electrons. The second kappa shape index (κ2) is 7.91. The fraction of sp³-hybridized carbons (Fsp3) is 0.588. The lowest BCUT2D eigenvalue weighted by Gasteiger charge is -2.17. The normalized spacial score (nSPS) is 12.8. The van der Waals surface area contributed by atoms with Gasteiger partial charge < -0.3 is 10.1 Å². The molecular weight excluding hydrogens is 248 g/mol. The summed E-state index contributed by atoms with van der Waals surface area (Å²) in [7, 11) is 1.68. The lowest BCUT2D eigenvalue weighted by Crippen LogP contribution is -2.20. The van der Waals surface area contributed by atoms with Crippen molar-refractivity contribution in [1.29, 1.82) is 5.26 Å². The van der Waals surface area contributed by atoms with E-state index in [4.69, 9.17) is 10.00 Å². The molecule has 0 aliphatic heterocycles. The van der Waals surface area contributed by atoms with Gasteiger partial charge in [0.25, 0.3) is 0 Å². The van der Waals surface area contributed by atoms with Crippen LogP contribution in [-0.4, -0.2) is 13.7 Å². The molecule has 0 aromatic heterocycles. The van der Waals surface area contributed by atoms with E-state index in [1.165, 1.54) is 5.56 Å². The Balaban J connectivity index is 2.26. The van der Waals surface area contributed by atoms with E-state index in [1.54, 1.807) is 7.11 Å². The smallest absolute Gasteiger partial charge is 0.118 e. The maximum absolute atomic E-state index is 8.95. The zero-order valence-electron chi connectivity index (χ0n) is 13.1. The summed E-state index contributed by atoms with van der Waals surface area (Å²) in [6.45, 7) is 7.15. The zero-order chi connectivity index (χ0) is 15.0. The van der Waals surface area contributed by atoms with Crippen LogP contribution >= 0.6 is 0 Å². The summed E-state index contributed by atoms with van der Waals surface area (Å²) in [6, 6.07) is 10.8. The van der Waals surface area contributed by atoms with E-state index < -0.39 is 0 Å². The van der Waals surface area contributed by atoms with Gasteiger partial charge in [-0.1, -0.05) is 18.6 Å². The molecule has 0 bridgehead atoms. The average molecular weight is 274 g/mol. The van der Waals surface area contributed by atoms with E-state index in [9.17, 15) is 0 Å². The molecule has 0 aliphatic carbocycles. The highest BCUT2D eigenvalue weighted by Gasteiger charge is 2.15. The number of ether oxygens (including phenoxy) is 1. The number of nitriles is 1. The van der Waals surface area contributed by atoms with Gasteiger partial charge in [0.15, 0.2) is 0 Å². The monoisotopic (exact) mass is 274 g/mol. The second-order valence-corrected chi connectivity index (χ2v) is 5.90. The van der Waals surface area contributed by atoms with E-state index in [-0.39, 0.29) is 5.41 Å². The number of nitrogens with one attached hydrogen (secondary N) is 1. The molecule has 1 rings (SSSR count). The number of hydrogen-bond donors (Lipinski definition) is 1. The van der Waals surface area contributed by atoms with Crippen LogP contribution in [0.15, 0.2) is 24.3 Å². The Morgan fingerprint density at radius 1 is 1.25 bits per heavy atom. The van der Waals surface area contributed by atoms with Gasteiger partial charge in [0, 0.05) is 6.04 Å². The molecule has 3 nitrogen and oxygen atoms in total. The number of unbranched alkanes of at least 4 members (excludes halogenated alkanes) is 1. The standard InChI is InChI=1S/C17H26N2O/c1-14(15-7-9-16(20-4)10-8-15)19-12-6-5-11-17(2,3)13-18/h7-10,14,19H,5-6,11-12H2,1-4H3/t14-/m0/s1. The highest BCUT2D eigenvalue weighted by Crippen LogP contribution is 2.21. The molecule has 1 aromatic rings. The number of methoxy groups -OCH3 is 1. The van der Waals surface area contributed by atoms with Crippen LogP contribution < -0.4 is 10.1 Å². The fourth-order valence-corrected chi connectivity index (χ4v) is 2.08. The van der Waals surface area contributed by atoms with Gasteiger partial charge in [0.05, 0.1) is 18.6 Å². The first-order valence-corrected chi connectivity index (χ1v) is 7.27. The van der Waals surface area contributed by atoms with E-state index in [2.05, 4.69) is 30.4 Å². The summed E-state index contributed by atoms with van der Waals surface area (Å²) in [6.07, 6.45) is 3.15. The van der Waals surface area contributed by atoms with Gasteiger partial charge in [-0.3, -0.25) is 0 Å². The van der Waals surface area contributed by atoms with Gasteiger partial charge in [-0.2, -0.15) is 5.26 Å². The summed E-state index contributed by atoms with van der Waals surface area (Å²) in [4.78, 5) is 0. The third-order valence-corrected chi connectivity index (χ3v) is 3.60. The maximum Gasteiger partial charge on any atom is 0.118 e. The molecule has 0 aliphatic rings. The first kappa shape index (κ1) is 16.5. The SMILES string of the molecule is COc1ccc([C@H](C)NCCCCC(C)(C)C#N)cc1. The second-order valence-electron chi connectivity index (χ2n) is 5.90. The van der Waals surface area contributed by atoms with Gasteiger partial charge >= 0.3 is 0 Å². The summed E-state index contributed by atoms with van der Waals surface area (Å²) < 4.78 is 5.16. The van der Waals surface area contributed by atoms with Crippen LogP contribution in [0.3, 0.4) is 0 Å². The molecule has 1 atom stereocenters. The summed E-state index contributed by atoms with van der Waals surface area (Å²) in [5.74, 6) is 0.889. The average Bonchev–Trinajstić information content (AvgIpc) is 2.46. The first-order chi connectivity index (χ1) is 9.48. The number of hydrogen-bond acceptors (Lipinski definition) is 3. The molecule has 1 N–H and O–H groups in total. The van der Waals surface area contributed by atoms with Crippen LogP contribution in [-0.2, 0) is 0 Å². The van der Waals surface area contributed by atoms with Crippen molar-refractivity contribution in [3.05, 3.63) is 29.8 Å². The van der Waals surface area contributed by atoms with Gasteiger partial charge in [-0.15, -0.1) is 0 Å². The van der Waals surface area contributed by atoms with Gasteiger partial charge in [0.2, 0.25) is 0 Å². The van der Waals surface area contributed by atoms with Crippen molar-refractivity contribution in [3.63, 3.8) is 0 Å². The zero-order valence-corrected chi connectivity index (χ0v) is 13.1. The molecule has 3 heteroatoms. The van der Waals surface area contributed by atoms with Crippen molar-refractivity contribution in [2.75, 3.05) is 13.7 Å². The van der Waals surface area contributed by atoms with Gasteiger partial charge in [-0.25, -0.2) is 0 Å². The van der Waals surface area contributed by atoms with E-state index in [0.717, 1.165) is 31.6 Å². The summed E-state index contributed by atoms with van der Waals surface area (Å²) in [5, 5.41) is 12.5. The van der Waals surface area contributed by atoms with Crippen molar-refractivity contribution >= 4 is 0 Å². The van der Waals surface area contributed by atoms with E-state index in [1.807, 2.05) is 26.0 Å². The van der Waals surface area contributed by atoms with Crippen LogP contribution in [0.1, 0.15) is 51.6 Å². The molecule has 0 saturated heterocycles. The first-order valence-electron chi connectivity index (χ1n) is 7.27. The summed E-state index contributed by atoms with van der Waals surface area (Å²) in [5.41, 5.74) is 1.07. The molecule has 1 aromatic carbocycles. The molecular formula is C17H26N2O. The molecule has 0 saturated carbocycles. The van der Waals surface area contributed by atoms with E-state index in [0.29, 0.717) is 6.04 Å².